The molecule has 2 heterocycles. The first-order valence-electron chi connectivity index (χ1n) is 9.50. The molecule has 2 aromatic carbocycles. The summed E-state index contributed by atoms with van der Waals surface area (Å²) in [5, 5.41) is 0.691. The van der Waals surface area contributed by atoms with Crippen molar-refractivity contribution >= 4 is 38.1 Å². The molecular weight excluding hydrogens is 470 g/mol. The molecule has 8 nitrogen and oxygen atoms in total. The number of nitrogens with two attached hydrogens (primary N) is 1. The van der Waals surface area contributed by atoms with Crippen LogP contribution in [0.5, 0.6) is 0 Å². The zero-order chi connectivity index (χ0) is 23.8. The molecule has 0 saturated heterocycles. The van der Waals surface area contributed by atoms with Gasteiger partial charge in [0.05, 0.1) is 16.3 Å². The molecule has 0 spiro atoms. The van der Waals surface area contributed by atoms with Gasteiger partial charge < -0.3 is 10.6 Å². The van der Waals surface area contributed by atoms with Crippen molar-refractivity contribution in [1.29, 1.82) is 0 Å². The monoisotopic (exact) mass is 488 g/mol. The third-order valence-corrected chi connectivity index (χ3v) is 7.16. The summed E-state index contributed by atoms with van der Waals surface area (Å²) in [5.74, 6) is -2.26. The Labute approximate surface area is 192 Å². The summed E-state index contributed by atoms with van der Waals surface area (Å²) in [7, 11) is -0.830. The number of nitrogens with zero attached hydrogens (tertiary/aromatic N) is 4. The summed E-state index contributed by atoms with van der Waals surface area (Å²) < 4.78 is 55.7. The molecule has 12 heteroatoms. The van der Waals surface area contributed by atoms with Gasteiger partial charge in [0.1, 0.15) is 11.6 Å². The number of hydrogen-bond donors (Lipinski definition) is 2. The van der Waals surface area contributed by atoms with Crippen LogP contribution in [-0.4, -0.2) is 37.5 Å². The van der Waals surface area contributed by atoms with Gasteiger partial charge in [-0.2, -0.15) is 0 Å². The number of thiazole rings is 1. The van der Waals surface area contributed by atoms with Crippen LogP contribution in [0.15, 0.2) is 59.6 Å². The van der Waals surface area contributed by atoms with Gasteiger partial charge in [0.2, 0.25) is 5.95 Å². The molecule has 0 amide bonds. The second-order valence-electron chi connectivity index (χ2n) is 7.11. The van der Waals surface area contributed by atoms with E-state index in [-0.39, 0.29) is 11.6 Å². The number of anilines is 3. The van der Waals surface area contributed by atoms with E-state index in [0.717, 1.165) is 18.2 Å². The number of nitrogens with one attached hydrogen (secondary N) is 1. The third kappa shape index (κ3) is 4.61. The van der Waals surface area contributed by atoms with Crippen LogP contribution < -0.4 is 15.4 Å². The Kier molecular flexibility index (Phi) is 5.95. The van der Waals surface area contributed by atoms with Crippen LogP contribution in [0.4, 0.5) is 25.5 Å². The Morgan fingerprint density at radius 1 is 1.03 bits per heavy atom. The van der Waals surface area contributed by atoms with Gasteiger partial charge in [-0.1, -0.05) is 29.5 Å². The summed E-state index contributed by atoms with van der Waals surface area (Å²) in [4.78, 5) is 14.3. The quantitative estimate of drug-likeness (QED) is 0.422. The van der Waals surface area contributed by atoms with E-state index in [1.165, 1.54) is 29.7 Å². The number of rotatable bonds is 6. The van der Waals surface area contributed by atoms with Crippen molar-refractivity contribution in [2.24, 2.45) is 0 Å². The van der Waals surface area contributed by atoms with E-state index in [9.17, 15) is 17.2 Å². The van der Waals surface area contributed by atoms with Crippen molar-refractivity contribution < 1.29 is 17.2 Å². The van der Waals surface area contributed by atoms with Gasteiger partial charge in [0.25, 0.3) is 10.0 Å². The zero-order valence-corrected chi connectivity index (χ0v) is 19.1. The van der Waals surface area contributed by atoms with Gasteiger partial charge >= 0.3 is 0 Å². The van der Waals surface area contributed by atoms with E-state index < -0.39 is 26.6 Å². The molecule has 0 aliphatic heterocycles. The lowest BCUT2D eigenvalue weighted by Gasteiger charge is -2.11. The van der Waals surface area contributed by atoms with Crippen molar-refractivity contribution in [1.82, 2.24) is 15.0 Å². The molecule has 0 bridgehead atoms. The van der Waals surface area contributed by atoms with Crippen molar-refractivity contribution in [2.45, 2.75) is 4.90 Å². The zero-order valence-electron chi connectivity index (χ0n) is 17.5. The van der Waals surface area contributed by atoms with Crippen molar-refractivity contribution in [3.05, 3.63) is 66.4 Å². The topological polar surface area (TPSA) is 114 Å². The van der Waals surface area contributed by atoms with E-state index in [1.54, 1.807) is 18.2 Å². The summed E-state index contributed by atoms with van der Waals surface area (Å²) >= 11 is 1.38. The molecule has 4 rings (SSSR count). The molecule has 33 heavy (non-hydrogen) atoms. The summed E-state index contributed by atoms with van der Waals surface area (Å²) in [6.07, 6.45) is 1.53. The van der Waals surface area contributed by atoms with Crippen LogP contribution in [-0.2, 0) is 10.0 Å². The third-order valence-electron chi connectivity index (χ3n) is 4.48. The van der Waals surface area contributed by atoms with E-state index in [2.05, 4.69) is 19.7 Å². The summed E-state index contributed by atoms with van der Waals surface area (Å²) in [6.45, 7) is 0. The lowest BCUT2D eigenvalue weighted by atomic mass is 10.1. The van der Waals surface area contributed by atoms with Crippen LogP contribution in [0.3, 0.4) is 0 Å². The molecule has 3 N–H and O–H groups in total. The number of aromatic nitrogens is 3. The Morgan fingerprint density at radius 2 is 1.73 bits per heavy atom. The normalized spacial score (nSPS) is 11.4. The SMILES string of the molecule is CN(C)c1nc(-c2cccc(NS(=O)(=O)c3c(F)cccc3F)c2)c(-c2ccnc(N)n2)s1. The van der Waals surface area contributed by atoms with E-state index in [4.69, 9.17) is 5.73 Å². The Balaban J connectivity index is 1.77. The molecule has 0 atom stereocenters. The van der Waals surface area contributed by atoms with Gasteiger partial charge in [-0.15, -0.1) is 0 Å². The first-order chi connectivity index (χ1) is 15.7. The standard InChI is InChI=1S/C21H18F2N6O2S2/c1-29(2)21-27-17(18(32-21)16-9-10-25-20(24)26-16)12-5-3-6-13(11-12)28-33(30,31)19-14(22)7-4-8-15(19)23/h3-11,28H,1-2H3,(H2,24,25,26). The fourth-order valence-electron chi connectivity index (χ4n) is 3.05. The lowest BCUT2D eigenvalue weighted by molar-refractivity contribution is 0.521. The van der Waals surface area contributed by atoms with Gasteiger partial charge in [0, 0.05) is 31.5 Å². The highest BCUT2D eigenvalue weighted by Gasteiger charge is 2.24. The number of nitrogen functional groups attached to an aromatic ring is 1. The van der Waals surface area contributed by atoms with Crippen molar-refractivity contribution in [3.8, 4) is 21.8 Å². The molecule has 0 unspecified atom stereocenters. The minimum absolute atomic E-state index is 0.103. The Hall–Kier alpha value is -3.64. The number of sulfonamides is 1. The summed E-state index contributed by atoms with van der Waals surface area (Å²) in [6, 6.07) is 10.9. The highest BCUT2D eigenvalue weighted by Crippen LogP contribution is 2.40. The maximum Gasteiger partial charge on any atom is 0.267 e. The van der Waals surface area contributed by atoms with Crippen molar-refractivity contribution in [2.75, 3.05) is 29.5 Å². The average molecular weight is 489 g/mol. The van der Waals surface area contributed by atoms with E-state index in [0.29, 0.717) is 27.0 Å². The van der Waals surface area contributed by atoms with Gasteiger partial charge in [-0.25, -0.2) is 32.2 Å². The largest absolute Gasteiger partial charge is 0.368 e. The molecule has 0 radical (unpaired) electrons. The highest BCUT2D eigenvalue weighted by molar-refractivity contribution is 7.92. The minimum Gasteiger partial charge on any atom is -0.368 e. The molecular formula is C21H18F2N6O2S2. The average Bonchev–Trinajstić information content (AvgIpc) is 3.19. The minimum atomic E-state index is -4.51. The molecule has 2 aromatic heterocycles. The maximum atomic E-state index is 14.0. The number of benzene rings is 2. The molecule has 170 valence electrons. The van der Waals surface area contributed by atoms with Gasteiger partial charge in [-0.05, 0) is 30.3 Å². The maximum absolute atomic E-state index is 14.0. The fourth-order valence-corrected chi connectivity index (χ4v) is 5.21. The molecule has 0 aliphatic carbocycles. The smallest absolute Gasteiger partial charge is 0.267 e. The second-order valence-corrected chi connectivity index (χ2v) is 9.70. The van der Waals surface area contributed by atoms with Gasteiger partial charge in [0.15, 0.2) is 10.0 Å². The van der Waals surface area contributed by atoms with Crippen LogP contribution in [0, 0.1) is 11.6 Å². The molecule has 0 saturated carbocycles. The van der Waals surface area contributed by atoms with Crippen LogP contribution in [0.1, 0.15) is 0 Å². The Morgan fingerprint density at radius 3 is 2.39 bits per heavy atom. The molecule has 0 fully saturated rings. The van der Waals surface area contributed by atoms with Crippen LogP contribution in [0.2, 0.25) is 0 Å². The second kappa shape index (κ2) is 8.71. The Bertz CT molecular complexity index is 1420. The molecule has 0 aliphatic rings. The fraction of sp³-hybridized carbons (Fsp3) is 0.0952. The highest BCUT2D eigenvalue weighted by atomic mass is 32.2. The first kappa shape index (κ1) is 22.6. The molecule has 4 aromatic rings. The van der Waals surface area contributed by atoms with E-state index >= 15 is 0 Å². The van der Waals surface area contributed by atoms with E-state index in [1.807, 2.05) is 19.0 Å². The van der Waals surface area contributed by atoms with Crippen LogP contribution in [0.25, 0.3) is 21.8 Å². The first-order valence-corrected chi connectivity index (χ1v) is 11.8. The summed E-state index contributed by atoms with van der Waals surface area (Å²) in [5.41, 5.74) is 7.52. The van der Waals surface area contributed by atoms with Crippen LogP contribution >= 0.6 is 11.3 Å². The predicted molar refractivity (Wildman–Crippen MR) is 124 cm³/mol. The lowest BCUT2D eigenvalue weighted by Crippen LogP contribution is -2.16. The number of hydrogen-bond acceptors (Lipinski definition) is 8. The number of halogens is 2. The predicted octanol–water partition coefficient (Wildman–Crippen LogP) is 3.99. The van der Waals surface area contributed by atoms with Crippen molar-refractivity contribution in [3.63, 3.8) is 0 Å². The van der Waals surface area contributed by atoms with Gasteiger partial charge in [-0.3, -0.25) is 4.72 Å².